The minimum Gasteiger partial charge on any atom is -0.463 e. The maximum atomic E-state index is 10.9. The minimum atomic E-state index is -3.95. The summed E-state index contributed by atoms with van der Waals surface area (Å²) in [5.41, 5.74) is 0. The number of rotatable bonds is 2. The van der Waals surface area contributed by atoms with Gasteiger partial charge in [-0.25, -0.2) is 23.2 Å². The quantitative estimate of drug-likeness (QED) is 0.414. The van der Waals surface area contributed by atoms with Gasteiger partial charge in [-0.3, -0.25) is 0 Å². The number of halogens is 1. The van der Waals surface area contributed by atoms with Crippen LogP contribution in [0.5, 0.6) is 0 Å². The lowest BCUT2D eigenvalue weighted by atomic mass is 10.5. The lowest BCUT2D eigenvalue weighted by molar-refractivity contribution is 0.0585. The van der Waals surface area contributed by atoms with Crippen LogP contribution in [-0.2, 0) is 13.8 Å². The maximum Gasteiger partial charge on any atom is 0.376 e. The average Bonchev–Trinajstić information content (AvgIpc) is 2.15. The number of hydrogen-bond donors (Lipinski definition) is 0. The number of esters is 1. The summed E-state index contributed by atoms with van der Waals surface area (Å²) in [5, 5.41) is -0.436. The van der Waals surface area contributed by atoms with Crippen molar-refractivity contribution in [1.82, 2.24) is 9.97 Å². The van der Waals surface area contributed by atoms with E-state index in [0.29, 0.717) is 0 Å². The average molecular weight is 237 g/mol. The van der Waals surface area contributed by atoms with E-state index >= 15 is 0 Å². The van der Waals surface area contributed by atoms with Crippen LogP contribution in [0.25, 0.3) is 0 Å². The third-order valence-electron chi connectivity index (χ3n) is 1.25. The van der Waals surface area contributed by atoms with Gasteiger partial charge >= 0.3 is 5.97 Å². The topological polar surface area (TPSA) is 86.2 Å². The zero-order valence-corrected chi connectivity index (χ0v) is 8.54. The monoisotopic (exact) mass is 236 g/mol. The lowest BCUT2D eigenvalue weighted by Gasteiger charge is -1.98. The van der Waals surface area contributed by atoms with E-state index in [1.807, 2.05) is 0 Å². The van der Waals surface area contributed by atoms with E-state index in [0.717, 1.165) is 19.4 Å². The largest absolute Gasteiger partial charge is 0.463 e. The predicted octanol–water partition coefficient (Wildman–Crippen LogP) is 0.191. The van der Waals surface area contributed by atoms with Crippen LogP contribution in [0.4, 0.5) is 0 Å². The van der Waals surface area contributed by atoms with Gasteiger partial charge in [0.1, 0.15) is 0 Å². The molecule has 1 heterocycles. The fourth-order valence-electron chi connectivity index (χ4n) is 0.668. The van der Waals surface area contributed by atoms with Crippen LogP contribution in [0.3, 0.4) is 0 Å². The second-order valence-electron chi connectivity index (χ2n) is 2.15. The Hall–Kier alpha value is -1.21. The van der Waals surface area contributed by atoms with Crippen LogP contribution >= 0.6 is 10.7 Å². The fourth-order valence-corrected chi connectivity index (χ4v) is 1.34. The van der Waals surface area contributed by atoms with Crippen molar-refractivity contribution in [3.05, 3.63) is 18.1 Å². The highest BCUT2D eigenvalue weighted by molar-refractivity contribution is 8.13. The molecule has 0 N–H and O–H groups in total. The first-order valence-electron chi connectivity index (χ1n) is 3.31. The smallest absolute Gasteiger partial charge is 0.376 e. The Balaban J connectivity index is 3.21. The third-order valence-corrected chi connectivity index (χ3v) is 2.45. The van der Waals surface area contributed by atoms with Crippen molar-refractivity contribution in [2.24, 2.45) is 0 Å². The highest BCUT2D eigenvalue weighted by atomic mass is 35.7. The van der Waals surface area contributed by atoms with Crippen molar-refractivity contribution in [1.29, 1.82) is 0 Å². The minimum absolute atomic E-state index is 0.353. The molecule has 14 heavy (non-hydrogen) atoms. The molecule has 6 nitrogen and oxygen atoms in total. The second kappa shape index (κ2) is 3.89. The molecular weight excluding hydrogens is 232 g/mol. The summed E-state index contributed by atoms with van der Waals surface area (Å²) >= 11 is 0. The fraction of sp³-hybridized carbons (Fsp3) is 0.167. The lowest BCUT2D eigenvalue weighted by Crippen LogP contribution is -2.09. The molecule has 0 aromatic carbocycles. The van der Waals surface area contributed by atoms with Crippen molar-refractivity contribution in [2.75, 3.05) is 7.11 Å². The van der Waals surface area contributed by atoms with Crippen LogP contribution in [0.1, 0.15) is 10.6 Å². The van der Waals surface area contributed by atoms with Crippen molar-refractivity contribution in [3.8, 4) is 0 Å². The molecule has 0 saturated carbocycles. The predicted molar refractivity (Wildman–Crippen MR) is 46.4 cm³/mol. The van der Waals surface area contributed by atoms with Gasteiger partial charge in [0.2, 0.25) is 5.82 Å². The van der Waals surface area contributed by atoms with Crippen LogP contribution < -0.4 is 0 Å². The summed E-state index contributed by atoms with van der Waals surface area (Å²) in [6.45, 7) is 0. The van der Waals surface area contributed by atoms with Crippen LogP contribution in [0, 0.1) is 0 Å². The Morgan fingerprint density at radius 1 is 1.57 bits per heavy atom. The standard InChI is InChI=1S/C6H5ClN2O4S/c1-13-6(10)5-8-3-2-4(9-5)14(7,11)12/h2-3H,1H3. The molecular formula is C6H5ClN2O4S. The Morgan fingerprint density at radius 3 is 2.71 bits per heavy atom. The summed E-state index contributed by atoms with van der Waals surface area (Å²) in [7, 11) is 2.19. The highest BCUT2D eigenvalue weighted by Gasteiger charge is 2.16. The number of nitrogens with zero attached hydrogens (tertiary/aromatic N) is 2. The summed E-state index contributed by atoms with van der Waals surface area (Å²) in [6.07, 6.45) is 1.11. The van der Waals surface area contributed by atoms with Crippen LogP contribution in [-0.4, -0.2) is 31.5 Å². The Kier molecular flexibility index (Phi) is 3.02. The molecule has 0 spiro atoms. The molecule has 0 radical (unpaired) electrons. The molecule has 0 aliphatic rings. The van der Waals surface area contributed by atoms with Gasteiger partial charge in [-0.05, 0) is 6.07 Å². The first-order valence-corrected chi connectivity index (χ1v) is 5.62. The number of carbonyl (C=O) groups excluding carboxylic acids is 1. The summed E-state index contributed by atoms with van der Waals surface area (Å²) in [4.78, 5) is 17.8. The summed E-state index contributed by atoms with van der Waals surface area (Å²) in [6, 6.07) is 1.08. The van der Waals surface area contributed by atoms with E-state index in [2.05, 4.69) is 14.7 Å². The van der Waals surface area contributed by atoms with Gasteiger partial charge in [0, 0.05) is 16.9 Å². The third kappa shape index (κ3) is 2.39. The highest BCUT2D eigenvalue weighted by Crippen LogP contribution is 2.10. The molecule has 0 amide bonds. The van der Waals surface area contributed by atoms with Crippen molar-refractivity contribution >= 4 is 25.7 Å². The number of methoxy groups -OCH3 is 1. The van der Waals surface area contributed by atoms with E-state index in [4.69, 9.17) is 10.7 Å². The van der Waals surface area contributed by atoms with Gasteiger partial charge < -0.3 is 4.74 Å². The van der Waals surface area contributed by atoms with Crippen molar-refractivity contribution < 1.29 is 17.9 Å². The van der Waals surface area contributed by atoms with Gasteiger partial charge in [-0.15, -0.1) is 0 Å². The van der Waals surface area contributed by atoms with Gasteiger partial charge in [0.25, 0.3) is 9.05 Å². The molecule has 1 aromatic heterocycles. The molecule has 76 valence electrons. The SMILES string of the molecule is COC(=O)c1nccc(S(=O)(=O)Cl)n1. The first-order chi connectivity index (χ1) is 6.45. The number of aromatic nitrogens is 2. The first kappa shape index (κ1) is 10.9. The van der Waals surface area contributed by atoms with E-state index in [1.165, 1.54) is 0 Å². The maximum absolute atomic E-state index is 10.9. The zero-order valence-electron chi connectivity index (χ0n) is 6.97. The molecule has 1 rings (SSSR count). The van der Waals surface area contributed by atoms with E-state index in [9.17, 15) is 13.2 Å². The van der Waals surface area contributed by atoms with E-state index < -0.39 is 20.0 Å². The number of carbonyl (C=O) groups is 1. The van der Waals surface area contributed by atoms with E-state index in [-0.39, 0.29) is 5.82 Å². The molecule has 0 fully saturated rings. The summed E-state index contributed by atoms with van der Waals surface area (Å²) in [5.74, 6) is -1.18. The summed E-state index contributed by atoms with van der Waals surface area (Å²) < 4.78 is 25.9. The molecule has 0 bridgehead atoms. The Bertz CT molecular complexity index is 459. The van der Waals surface area contributed by atoms with Gasteiger partial charge in [0.05, 0.1) is 7.11 Å². The molecule has 0 unspecified atom stereocenters. The van der Waals surface area contributed by atoms with Crippen molar-refractivity contribution in [3.63, 3.8) is 0 Å². The molecule has 0 aliphatic heterocycles. The molecule has 1 aromatic rings. The van der Waals surface area contributed by atoms with Crippen LogP contribution in [0.2, 0.25) is 0 Å². The molecule has 8 heteroatoms. The van der Waals surface area contributed by atoms with Gasteiger partial charge in [-0.2, -0.15) is 0 Å². The molecule has 0 aliphatic carbocycles. The van der Waals surface area contributed by atoms with Gasteiger partial charge in [-0.1, -0.05) is 0 Å². The number of ether oxygens (including phenoxy) is 1. The second-order valence-corrected chi connectivity index (χ2v) is 4.66. The van der Waals surface area contributed by atoms with Crippen molar-refractivity contribution in [2.45, 2.75) is 5.03 Å². The Morgan fingerprint density at radius 2 is 2.21 bits per heavy atom. The normalized spacial score (nSPS) is 11.0. The van der Waals surface area contributed by atoms with E-state index in [1.54, 1.807) is 0 Å². The molecule has 0 atom stereocenters. The zero-order chi connectivity index (χ0) is 10.8. The number of hydrogen-bond acceptors (Lipinski definition) is 6. The Labute approximate surface area is 84.3 Å². The molecule has 0 saturated heterocycles. The van der Waals surface area contributed by atoms with Gasteiger partial charge in [0.15, 0.2) is 5.03 Å². The van der Waals surface area contributed by atoms with Crippen LogP contribution in [0.15, 0.2) is 17.3 Å².